The summed E-state index contributed by atoms with van der Waals surface area (Å²) in [5.41, 5.74) is 1.90. The van der Waals surface area contributed by atoms with Crippen LogP contribution in [-0.2, 0) is 0 Å². The second kappa shape index (κ2) is 6.16. The van der Waals surface area contributed by atoms with Crippen molar-refractivity contribution >= 4 is 16.6 Å². The van der Waals surface area contributed by atoms with Gasteiger partial charge in [0.2, 0.25) is 24.1 Å². The number of ketones is 1. The van der Waals surface area contributed by atoms with Crippen LogP contribution in [0.4, 0.5) is 0 Å². The molecule has 0 saturated heterocycles. The molecule has 0 atom stereocenters. The summed E-state index contributed by atoms with van der Waals surface area (Å²) in [4.78, 5) is 17.9. The van der Waals surface area contributed by atoms with E-state index in [0.717, 1.165) is 0 Å². The zero-order valence-electron chi connectivity index (χ0n) is 16.2. The first-order valence-electron chi connectivity index (χ1n) is 8.82. The van der Waals surface area contributed by atoms with Crippen LogP contribution < -0.4 is 28.4 Å². The van der Waals surface area contributed by atoms with Crippen LogP contribution in [0.15, 0.2) is 18.3 Å². The van der Waals surface area contributed by atoms with Crippen molar-refractivity contribution in [2.45, 2.75) is 0 Å². The Morgan fingerprint density at radius 3 is 2.31 bits per heavy atom. The van der Waals surface area contributed by atoms with E-state index in [2.05, 4.69) is 4.98 Å². The van der Waals surface area contributed by atoms with Gasteiger partial charge in [-0.1, -0.05) is 0 Å². The number of fused-ring (bicyclic) bond motifs is 4. The number of benzene rings is 2. The molecular weight excluding hydrogens is 378 g/mol. The lowest BCUT2D eigenvalue weighted by Crippen LogP contribution is -2.15. The molecular formula is C21H17NO7. The van der Waals surface area contributed by atoms with Gasteiger partial charge in [-0.2, -0.15) is 0 Å². The standard InChI is InChI=1S/C21H17NO7/c1-24-11-7-10-13-12-9(17(25-2)21-20(13)28-8-29-21)5-6-22-15(12)16(23)14(10)19(27-4)18(11)26-3/h5-7H,8H2,1-4H3. The molecule has 8 heteroatoms. The highest BCUT2D eigenvalue weighted by atomic mass is 16.7. The Kier molecular flexibility index (Phi) is 3.70. The number of carbonyl (C=O) groups excluding carboxylic acids is 1. The molecule has 0 fully saturated rings. The summed E-state index contributed by atoms with van der Waals surface area (Å²) in [6.45, 7) is 0.0471. The van der Waals surface area contributed by atoms with Crippen LogP contribution in [0.3, 0.4) is 0 Å². The minimum absolute atomic E-state index is 0.0471. The van der Waals surface area contributed by atoms with E-state index in [0.29, 0.717) is 56.2 Å². The predicted octanol–water partition coefficient (Wildman–Crippen LogP) is 3.21. The third-order valence-electron chi connectivity index (χ3n) is 5.24. The molecule has 0 N–H and O–H groups in total. The van der Waals surface area contributed by atoms with Crippen LogP contribution in [-0.4, -0.2) is 46.0 Å². The Bertz CT molecular complexity index is 1200. The Morgan fingerprint density at radius 2 is 1.62 bits per heavy atom. The number of pyridine rings is 1. The molecule has 0 amide bonds. The highest BCUT2D eigenvalue weighted by molar-refractivity contribution is 6.28. The first-order valence-corrected chi connectivity index (χ1v) is 8.82. The number of nitrogens with zero attached hydrogens (tertiary/aromatic N) is 1. The van der Waals surface area contributed by atoms with Gasteiger partial charge < -0.3 is 28.4 Å². The fourth-order valence-corrected chi connectivity index (χ4v) is 4.10. The molecule has 148 valence electrons. The van der Waals surface area contributed by atoms with Gasteiger partial charge in [0.1, 0.15) is 5.69 Å². The summed E-state index contributed by atoms with van der Waals surface area (Å²) in [6.07, 6.45) is 1.57. The van der Waals surface area contributed by atoms with Crippen molar-refractivity contribution in [2.24, 2.45) is 0 Å². The Hall–Kier alpha value is -3.68. The van der Waals surface area contributed by atoms with Gasteiger partial charge >= 0.3 is 0 Å². The molecule has 0 spiro atoms. The zero-order chi connectivity index (χ0) is 20.3. The highest BCUT2D eigenvalue weighted by Gasteiger charge is 2.39. The van der Waals surface area contributed by atoms with Gasteiger partial charge in [-0.15, -0.1) is 0 Å². The number of hydrogen-bond acceptors (Lipinski definition) is 8. The van der Waals surface area contributed by atoms with Gasteiger partial charge in [-0.25, -0.2) is 0 Å². The summed E-state index contributed by atoms with van der Waals surface area (Å²) >= 11 is 0. The third kappa shape index (κ3) is 2.08. The Balaban J connectivity index is 2.02. The quantitative estimate of drug-likeness (QED) is 0.521. The molecule has 3 aromatic rings. The topological polar surface area (TPSA) is 85.3 Å². The van der Waals surface area contributed by atoms with Gasteiger partial charge in [0, 0.05) is 28.1 Å². The van der Waals surface area contributed by atoms with Crippen molar-refractivity contribution in [3.63, 3.8) is 0 Å². The second-order valence-corrected chi connectivity index (χ2v) is 6.45. The average molecular weight is 395 g/mol. The first kappa shape index (κ1) is 17.4. The maximum Gasteiger partial charge on any atom is 0.231 e. The summed E-state index contributed by atoms with van der Waals surface area (Å²) in [6, 6.07) is 3.53. The number of carbonyl (C=O) groups is 1. The van der Waals surface area contributed by atoms with Crippen LogP contribution in [0.5, 0.6) is 34.5 Å². The van der Waals surface area contributed by atoms with E-state index in [4.69, 9.17) is 28.4 Å². The van der Waals surface area contributed by atoms with E-state index in [1.54, 1.807) is 25.4 Å². The van der Waals surface area contributed by atoms with Crippen LogP contribution >= 0.6 is 0 Å². The molecule has 0 bridgehead atoms. The number of ether oxygens (including phenoxy) is 6. The maximum absolute atomic E-state index is 13.5. The van der Waals surface area contributed by atoms with Gasteiger partial charge in [-0.05, 0) is 12.1 Å². The van der Waals surface area contributed by atoms with E-state index < -0.39 is 0 Å². The smallest absolute Gasteiger partial charge is 0.231 e. The van der Waals surface area contributed by atoms with Crippen molar-refractivity contribution < 1.29 is 33.2 Å². The fraction of sp³-hybridized carbons (Fsp3) is 0.238. The van der Waals surface area contributed by atoms with E-state index in [1.165, 1.54) is 21.3 Å². The van der Waals surface area contributed by atoms with Crippen LogP contribution in [0, 0.1) is 0 Å². The molecule has 2 aliphatic rings. The molecule has 8 nitrogen and oxygen atoms in total. The fourth-order valence-electron chi connectivity index (χ4n) is 4.10. The molecule has 1 aliphatic carbocycles. The van der Waals surface area contributed by atoms with Crippen molar-refractivity contribution in [1.29, 1.82) is 0 Å². The van der Waals surface area contributed by atoms with E-state index in [-0.39, 0.29) is 24.0 Å². The predicted molar refractivity (Wildman–Crippen MR) is 103 cm³/mol. The minimum atomic E-state index is -0.281. The maximum atomic E-state index is 13.5. The number of hydrogen-bond donors (Lipinski definition) is 0. The first-order chi connectivity index (χ1) is 14.2. The van der Waals surface area contributed by atoms with Gasteiger partial charge in [0.25, 0.3) is 0 Å². The molecule has 1 aromatic heterocycles. The van der Waals surface area contributed by atoms with Gasteiger partial charge in [0.05, 0.1) is 34.0 Å². The van der Waals surface area contributed by atoms with Gasteiger partial charge in [-0.3, -0.25) is 9.78 Å². The van der Waals surface area contributed by atoms with Gasteiger partial charge in [0.15, 0.2) is 23.0 Å². The lowest BCUT2D eigenvalue weighted by molar-refractivity contribution is 0.103. The molecule has 1 aliphatic heterocycles. The summed E-state index contributed by atoms with van der Waals surface area (Å²) in [5, 5.41) is 1.35. The van der Waals surface area contributed by atoms with Crippen molar-refractivity contribution in [3.8, 4) is 45.6 Å². The average Bonchev–Trinajstić information content (AvgIpc) is 3.23. The Morgan fingerprint density at radius 1 is 0.897 bits per heavy atom. The van der Waals surface area contributed by atoms with Crippen LogP contribution in [0.25, 0.3) is 21.9 Å². The number of methoxy groups -OCH3 is 4. The van der Waals surface area contributed by atoms with E-state index in [1.807, 2.05) is 0 Å². The monoisotopic (exact) mass is 395 g/mol. The molecule has 0 saturated carbocycles. The zero-order valence-corrected chi connectivity index (χ0v) is 16.2. The molecule has 0 unspecified atom stereocenters. The minimum Gasteiger partial charge on any atom is -0.493 e. The van der Waals surface area contributed by atoms with Crippen molar-refractivity contribution in [1.82, 2.24) is 4.98 Å². The van der Waals surface area contributed by atoms with Crippen LogP contribution in [0.1, 0.15) is 16.1 Å². The second-order valence-electron chi connectivity index (χ2n) is 6.45. The van der Waals surface area contributed by atoms with E-state index >= 15 is 0 Å². The summed E-state index contributed by atoms with van der Waals surface area (Å²) in [7, 11) is 6.05. The largest absolute Gasteiger partial charge is 0.493 e. The SMILES string of the molecule is COc1cc2c(c(OC)c1OC)C(=O)c1nccc3c(OC)c4c(c-2c13)OCO4. The number of aromatic nitrogens is 1. The third-order valence-corrected chi connectivity index (χ3v) is 5.24. The highest BCUT2D eigenvalue weighted by Crippen LogP contribution is 2.58. The number of rotatable bonds is 4. The summed E-state index contributed by atoms with van der Waals surface area (Å²) in [5.74, 6) is 2.24. The summed E-state index contributed by atoms with van der Waals surface area (Å²) < 4.78 is 33.6. The van der Waals surface area contributed by atoms with E-state index in [9.17, 15) is 4.79 Å². The molecule has 29 heavy (non-hydrogen) atoms. The lowest BCUT2D eigenvalue weighted by atomic mass is 9.83. The van der Waals surface area contributed by atoms with Crippen molar-refractivity contribution in [3.05, 3.63) is 29.6 Å². The Labute approximate surface area is 165 Å². The normalized spacial score (nSPS) is 13.3. The molecule has 0 radical (unpaired) electrons. The molecule has 2 heterocycles. The molecule has 5 rings (SSSR count). The van der Waals surface area contributed by atoms with Crippen LogP contribution in [0.2, 0.25) is 0 Å². The molecule has 2 aromatic carbocycles. The lowest BCUT2D eigenvalue weighted by Gasteiger charge is -2.25. The van der Waals surface area contributed by atoms with Crippen molar-refractivity contribution in [2.75, 3.05) is 35.2 Å².